The molecule has 0 unspecified atom stereocenters. The Morgan fingerprint density at radius 1 is 1.18 bits per heavy atom. The van der Waals surface area contributed by atoms with Crippen LogP contribution in [-0.4, -0.2) is 0 Å². The van der Waals surface area contributed by atoms with Crippen molar-refractivity contribution in [3.63, 3.8) is 0 Å². The van der Waals surface area contributed by atoms with Crippen molar-refractivity contribution in [1.82, 2.24) is 0 Å². The van der Waals surface area contributed by atoms with Crippen LogP contribution >= 0.6 is 15.9 Å². The lowest BCUT2D eigenvalue weighted by atomic mass is 10.2. The van der Waals surface area contributed by atoms with Gasteiger partial charge in [-0.2, -0.15) is 0 Å². The minimum Gasteiger partial charge on any atom is -0.381 e. The van der Waals surface area contributed by atoms with Crippen LogP contribution in [-0.2, 0) is 6.54 Å². The lowest BCUT2D eigenvalue weighted by Gasteiger charge is -2.10. The smallest absolute Gasteiger partial charge is 0.123 e. The number of hydrogen-bond acceptors (Lipinski definition) is 1. The van der Waals surface area contributed by atoms with Gasteiger partial charge in [-0.1, -0.05) is 34.1 Å². The first-order chi connectivity index (χ1) is 8.16. The van der Waals surface area contributed by atoms with Gasteiger partial charge in [-0.3, -0.25) is 0 Å². The SMILES string of the molecule is Cc1c(Br)cccc1NCc1cccc(F)c1. The molecule has 2 aromatic carbocycles. The molecule has 2 rings (SSSR count). The van der Waals surface area contributed by atoms with Crippen molar-refractivity contribution in [3.8, 4) is 0 Å². The summed E-state index contributed by atoms with van der Waals surface area (Å²) in [5, 5.41) is 3.30. The molecule has 0 aromatic heterocycles. The van der Waals surface area contributed by atoms with E-state index in [1.807, 2.05) is 31.2 Å². The number of anilines is 1. The number of rotatable bonds is 3. The summed E-state index contributed by atoms with van der Waals surface area (Å²) in [5.74, 6) is -0.199. The fourth-order valence-electron chi connectivity index (χ4n) is 1.64. The third-order valence-electron chi connectivity index (χ3n) is 2.64. The Kier molecular flexibility index (Phi) is 3.79. The summed E-state index contributed by atoms with van der Waals surface area (Å²) in [4.78, 5) is 0. The van der Waals surface area contributed by atoms with Gasteiger partial charge < -0.3 is 5.32 Å². The molecule has 88 valence electrons. The van der Waals surface area contributed by atoms with Gasteiger partial charge in [0, 0.05) is 16.7 Å². The Morgan fingerprint density at radius 2 is 1.94 bits per heavy atom. The molecule has 2 aromatic rings. The molecule has 0 atom stereocenters. The number of halogens is 2. The first-order valence-electron chi connectivity index (χ1n) is 5.40. The van der Waals surface area contributed by atoms with Gasteiger partial charge in [0.15, 0.2) is 0 Å². The summed E-state index contributed by atoms with van der Waals surface area (Å²) in [7, 11) is 0. The van der Waals surface area contributed by atoms with Crippen molar-refractivity contribution in [2.75, 3.05) is 5.32 Å². The van der Waals surface area contributed by atoms with Gasteiger partial charge in [-0.05, 0) is 42.3 Å². The van der Waals surface area contributed by atoms with Crippen LogP contribution in [0.25, 0.3) is 0 Å². The molecule has 0 aliphatic carbocycles. The first-order valence-corrected chi connectivity index (χ1v) is 6.19. The minimum absolute atomic E-state index is 0.199. The second-order valence-electron chi connectivity index (χ2n) is 3.90. The summed E-state index contributed by atoms with van der Waals surface area (Å²) in [6.07, 6.45) is 0. The van der Waals surface area contributed by atoms with Crippen molar-refractivity contribution in [3.05, 3.63) is 63.9 Å². The van der Waals surface area contributed by atoms with Gasteiger partial charge in [-0.15, -0.1) is 0 Å². The third kappa shape index (κ3) is 3.07. The molecule has 0 saturated heterocycles. The maximum atomic E-state index is 13.0. The highest BCUT2D eigenvalue weighted by Crippen LogP contribution is 2.23. The van der Waals surface area contributed by atoms with Crippen LogP contribution in [0.15, 0.2) is 46.9 Å². The van der Waals surface area contributed by atoms with E-state index in [4.69, 9.17) is 0 Å². The summed E-state index contributed by atoms with van der Waals surface area (Å²) in [6, 6.07) is 12.6. The van der Waals surface area contributed by atoms with Gasteiger partial charge in [-0.25, -0.2) is 4.39 Å². The first kappa shape index (κ1) is 12.1. The van der Waals surface area contributed by atoms with Crippen molar-refractivity contribution >= 4 is 21.6 Å². The Bertz CT molecular complexity index is 525. The summed E-state index contributed by atoms with van der Waals surface area (Å²) in [6.45, 7) is 2.66. The molecule has 0 bridgehead atoms. The van der Waals surface area contributed by atoms with Crippen molar-refractivity contribution in [1.29, 1.82) is 0 Å². The second kappa shape index (κ2) is 5.32. The minimum atomic E-state index is -0.199. The highest BCUT2D eigenvalue weighted by molar-refractivity contribution is 9.10. The molecule has 3 heteroatoms. The molecule has 0 aliphatic heterocycles. The molecule has 0 spiro atoms. The number of benzene rings is 2. The zero-order chi connectivity index (χ0) is 12.3. The average molecular weight is 294 g/mol. The fraction of sp³-hybridized carbons (Fsp3) is 0.143. The predicted molar refractivity (Wildman–Crippen MR) is 72.6 cm³/mol. The Hall–Kier alpha value is -1.35. The summed E-state index contributed by atoms with van der Waals surface area (Å²) >= 11 is 3.48. The van der Waals surface area contributed by atoms with E-state index in [1.165, 1.54) is 6.07 Å². The molecular weight excluding hydrogens is 281 g/mol. The zero-order valence-corrected chi connectivity index (χ0v) is 11.1. The van der Waals surface area contributed by atoms with Crippen molar-refractivity contribution < 1.29 is 4.39 Å². The molecule has 0 radical (unpaired) electrons. The second-order valence-corrected chi connectivity index (χ2v) is 4.75. The molecule has 1 N–H and O–H groups in total. The zero-order valence-electron chi connectivity index (χ0n) is 9.50. The van der Waals surface area contributed by atoms with E-state index in [0.29, 0.717) is 6.54 Å². The topological polar surface area (TPSA) is 12.0 Å². The van der Waals surface area contributed by atoms with E-state index in [9.17, 15) is 4.39 Å². The largest absolute Gasteiger partial charge is 0.381 e. The quantitative estimate of drug-likeness (QED) is 0.878. The monoisotopic (exact) mass is 293 g/mol. The third-order valence-corrected chi connectivity index (χ3v) is 3.50. The highest BCUT2D eigenvalue weighted by Gasteiger charge is 2.01. The predicted octanol–water partition coefficient (Wildman–Crippen LogP) is 4.51. The van der Waals surface area contributed by atoms with Crippen LogP contribution in [0.2, 0.25) is 0 Å². The fourth-order valence-corrected chi connectivity index (χ4v) is 2.01. The average Bonchev–Trinajstić information content (AvgIpc) is 2.31. The molecule has 0 aliphatic rings. The highest BCUT2D eigenvalue weighted by atomic mass is 79.9. The van der Waals surface area contributed by atoms with E-state index in [1.54, 1.807) is 12.1 Å². The Labute approximate surface area is 109 Å². The molecule has 17 heavy (non-hydrogen) atoms. The van der Waals surface area contributed by atoms with E-state index in [0.717, 1.165) is 21.3 Å². The molecular formula is C14H13BrFN. The number of nitrogens with one attached hydrogen (secondary N) is 1. The van der Waals surface area contributed by atoms with E-state index < -0.39 is 0 Å². The molecule has 0 saturated carbocycles. The van der Waals surface area contributed by atoms with Gasteiger partial charge in [0.2, 0.25) is 0 Å². The lowest BCUT2D eigenvalue weighted by Crippen LogP contribution is -2.01. The standard InChI is InChI=1S/C14H13BrFN/c1-10-13(15)6-3-7-14(10)17-9-11-4-2-5-12(16)8-11/h2-8,17H,9H2,1H3. The van der Waals surface area contributed by atoms with Gasteiger partial charge in [0.1, 0.15) is 5.82 Å². The lowest BCUT2D eigenvalue weighted by molar-refractivity contribution is 0.626. The number of hydrogen-bond donors (Lipinski definition) is 1. The Morgan fingerprint density at radius 3 is 2.71 bits per heavy atom. The Balaban J connectivity index is 2.10. The molecule has 0 fully saturated rings. The van der Waals surface area contributed by atoms with Crippen LogP contribution < -0.4 is 5.32 Å². The van der Waals surface area contributed by atoms with Crippen LogP contribution in [0.5, 0.6) is 0 Å². The van der Waals surface area contributed by atoms with Crippen molar-refractivity contribution in [2.45, 2.75) is 13.5 Å². The maximum Gasteiger partial charge on any atom is 0.123 e. The molecule has 0 amide bonds. The van der Waals surface area contributed by atoms with Gasteiger partial charge >= 0.3 is 0 Å². The van der Waals surface area contributed by atoms with Gasteiger partial charge in [0.25, 0.3) is 0 Å². The van der Waals surface area contributed by atoms with Crippen molar-refractivity contribution in [2.24, 2.45) is 0 Å². The summed E-state index contributed by atoms with van der Waals surface area (Å²) in [5.41, 5.74) is 3.15. The van der Waals surface area contributed by atoms with Crippen LogP contribution in [0.1, 0.15) is 11.1 Å². The van der Waals surface area contributed by atoms with E-state index in [-0.39, 0.29) is 5.82 Å². The van der Waals surface area contributed by atoms with E-state index >= 15 is 0 Å². The van der Waals surface area contributed by atoms with Crippen LogP contribution in [0.4, 0.5) is 10.1 Å². The van der Waals surface area contributed by atoms with Crippen LogP contribution in [0, 0.1) is 12.7 Å². The maximum absolute atomic E-state index is 13.0. The normalized spacial score (nSPS) is 10.3. The van der Waals surface area contributed by atoms with Gasteiger partial charge in [0.05, 0.1) is 0 Å². The van der Waals surface area contributed by atoms with Crippen LogP contribution in [0.3, 0.4) is 0 Å². The summed E-state index contributed by atoms with van der Waals surface area (Å²) < 4.78 is 14.1. The molecule has 1 nitrogen and oxygen atoms in total. The van der Waals surface area contributed by atoms with E-state index in [2.05, 4.69) is 21.2 Å². The molecule has 0 heterocycles.